The summed E-state index contributed by atoms with van der Waals surface area (Å²) in [6.07, 6.45) is 6.38. The number of amides is 3. The van der Waals surface area contributed by atoms with E-state index in [-0.39, 0.29) is 23.8 Å². The Hall–Kier alpha value is -5.36. The number of nitrogens with one attached hydrogen (secondary N) is 2. The standard InChI is InChI=1S/C38H42N6O6/c1-5-6-11-43-22-29(28-16-23(2)39-35(28)38(43)48)25-17-32(49-3)30(33(18-25)50-4)21-41-12-14-42(15-13-41)26-8-7-24-20-44(37(47)27(24)19-26)31-9-10-34(45)40-36(31)46/h5-8,16-19,22,31,39H,9-15,20-21H2,1-4H3,(H,40,45,46)/b6-5+. The molecule has 0 saturated carbocycles. The van der Waals surface area contributed by atoms with E-state index in [1.807, 2.05) is 68.6 Å². The molecule has 2 fully saturated rings. The molecule has 3 aliphatic rings. The van der Waals surface area contributed by atoms with E-state index in [4.69, 9.17) is 9.47 Å². The minimum atomic E-state index is -0.625. The SMILES string of the molecule is C/C=C/Cn1cc(-c2cc(OC)c(CN3CCN(c4ccc5c(c4)C(=O)N(C4CCC(=O)NC4=O)C5)CC3)c(OC)c2)c2cc(C)[nH]c2c1=O. The number of aryl methyl sites for hydroxylation is 1. The molecule has 0 aliphatic carbocycles. The number of H-pyrrole nitrogens is 1. The van der Waals surface area contributed by atoms with Crippen LogP contribution in [0.2, 0.25) is 0 Å². The van der Waals surface area contributed by atoms with Crippen LogP contribution in [0, 0.1) is 6.92 Å². The molecule has 3 aliphatic heterocycles. The summed E-state index contributed by atoms with van der Waals surface area (Å²) >= 11 is 0. The van der Waals surface area contributed by atoms with Crippen molar-refractivity contribution in [3.63, 3.8) is 0 Å². The maximum Gasteiger partial charge on any atom is 0.275 e. The number of aromatic amines is 1. The van der Waals surface area contributed by atoms with Crippen LogP contribution in [0.25, 0.3) is 22.0 Å². The fraction of sp³-hybridized carbons (Fsp3) is 0.368. The molecular formula is C38H42N6O6. The Kier molecular flexibility index (Phi) is 8.96. The van der Waals surface area contributed by atoms with Gasteiger partial charge in [-0.25, -0.2) is 0 Å². The number of carbonyl (C=O) groups is 3. The smallest absolute Gasteiger partial charge is 0.275 e. The molecule has 3 amide bonds. The maximum atomic E-state index is 13.4. The zero-order valence-electron chi connectivity index (χ0n) is 28.9. The molecule has 0 spiro atoms. The highest BCUT2D eigenvalue weighted by molar-refractivity contribution is 6.05. The summed E-state index contributed by atoms with van der Waals surface area (Å²) in [5.41, 5.74) is 6.68. The molecule has 7 rings (SSSR count). The van der Waals surface area contributed by atoms with Gasteiger partial charge in [0, 0.05) is 86.3 Å². The number of nitrogens with zero attached hydrogens (tertiary/aromatic N) is 4. The van der Waals surface area contributed by atoms with Crippen LogP contribution < -0.4 is 25.2 Å². The minimum absolute atomic E-state index is 0.0645. The van der Waals surface area contributed by atoms with Crippen LogP contribution in [0.1, 0.15) is 46.9 Å². The van der Waals surface area contributed by atoms with Crippen molar-refractivity contribution in [1.82, 2.24) is 24.7 Å². The molecule has 50 heavy (non-hydrogen) atoms. The number of fused-ring (bicyclic) bond motifs is 2. The summed E-state index contributed by atoms with van der Waals surface area (Å²) in [6.45, 7) is 8.48. The summed E-state index contributed by atoms with van der Waals surface area (Å²) in [5, 5.41) is 3.22. The Morgan fingerprint density at radius 3 is 2.36 bits per heavy atom. The van der Waals surface area contributed by atoms with Gasteiger partial charge < -0.3 is 28.8 Å². The van der Waals surface area contributed by atoms with Gasteiger partial charge in [0.25, 0.3) is 11.5 Å². The molecule has 2 N–H and O–H groups in total. The first-order valence-electron chi connectivity index (χ1n) is 17.0. The van der Waals surface area contributed by atoms with E-state index in [1.165, 1.54) is 0 Å². The Labute approximate surface area is 290 Å². The van der Waals surface area contributed by atoms with E-state index in [0.717, 1.165) is 65.2 Å². The first-order valence-corrected chi connectivity index (χ1v) is 17.0. The molecule has 0 radical (unpaired) electrons. The first-order chi connectivity index (χ1) is 24.2. The summed E-state index contributed by atoms with van der Waals surface area (Å²) in [5.74, 6) is 0.569. The van der Waals surface area contributed by atoms with Crippen molar-refractivity contribution in [3.8, 4) is 22.6 Å². The van der Waals surface area contributed by atoms with E-state index in [1.54, 1.807) is 23.7 Å². The molecule has 1 unspecified atom stereocenters. The van der Waals surface area contributed by atoms with Gasteiger partial charge in [-0.2, -0.15) is 0 Å². The van der Waals surface area contributed by atoms with E-state index in [9.17, 15) is 19.2 Å². The first kappa shape index (κ1) is 33.2. The zero-order valence-corrected chi connectivity index (χ0v) is 28.9. The molecule has 4 aromatic rings. The second-order valence-electron chi connectivity index (χ2n) is 13.2. The molecule has 2 aromatic heterocycles. The number of rotatable bonds is 9. The molecule has 2 aromatic carbocycles. The maximum absolute atomic E-state index is 13.4. The minimum Gasteiger partial charge on any atom is -0.496 e. The van der Waals surface area contributed by atoms with Gasteiger partial charge in [0.05, 0.1) is 19.8 Å². The number of imide groups is 1. The molecule has 0 bridgehead atoms. The van der Waals surface area contributed by atoms with Gasteiger partial charge in [-0.15, -0.1) is 0 Å². The molecule has 2 saturated heterocycles. The molecule has 12 nitrogen and oxygen atoms in total. The molecular weight excluding hydrogens is 636 g/mol. The van der Waals surface area contributed by atoms with Crippen molar-refractivity contribution in [2.24, 2.45) is 0 Å². The number of methoxy groups -OCH3 is 2. The van der Waals surface area contributed by atoms with Crippen LogP contribution >= 0.6 is 0 Å². The third kappa shape index (κ3) is 6.04. The second-order valence-corrected chi connectivity index (χ2v) is 13.2. The van der Waals surface area contributed by atoms with Crippen molar-refractivity contribution in [2.75, 3.05) is 45.3 Å². The lowest BCUT2D eigenvalue weighted by atomic mass is 10.00. The Balaban J connectivity index is 1.08. The van der Waals surface area contributed by atoms with Crippen LogP contribution in [0.15, 0.2) is 59.5 Å². The molecule has 1 atom stereocenters. The number of anilines is 1. The molecule has 5 heterocycles. The number of carbonyl (C=O) groups excluding carboxylic acids is 3. The van der Waals surface area contributed by atoms with Crippen molar-refractivity contribution in [3.05, 3.63) is 87.5 Å². The number of hydrogen-bond donors (Lipinski definition) is 2. The molecule has 12 heteroatoms. The third-order valence-corrected chi connectivity index (χ3v) is 10.1. The van der Waals surface area contributed by atoms with E-state index in [2.05, 4.69) is 20.1 Å². The van der Waals surface area contributed by atoms with Crippen molar-refractivity contribution in [2.45, 2.75) is 52.4 Å². The topological polar surface area (TPSA) is 129 Å². The predicted octanol–water partition coefficient (Wildman–Crippen LogP) is 3.98. The predicted molar refractivity (Wildman–Crippen MR) is 191 cm³/mol. The summed E-state index contributed by atoms with van der Waals surface area (Å²) < 4.78 is 13.6. The van der Waals surface area contributed by atoms with Gasteiger partial charge in [-0.05, 0) is 61.7 Å². The lowest BCUT2D eigenvalue weighted by Gasteiger charge is -2.36. The van der Waals surface area contributed by atoms with Crippen molar-refractivity contribution in [1.29, 1.82) is 0 Å². The van der Waals surface area contributed by atoms with E-state index in [0.29, 0.717) is 48.6 Å². The molecule has 260 valence electrons. The second kappa shape index (κ2) is 13.5. The number of hydrogen-bond acceptors (Lipinski definition) is 8. The number of ether oxygens (including phenoxy) is 2. The highest BCUT2D eigenvalue weighted by Crippen LogP contribution is 2.38. The van der Waals surface area contributed by atoms with Crippen LogP contribution in [0.3, 0.4) is 0 Å². The Bertz CT molecular complexity index is 2060. The monoisotopic (exact) mass is 678 g/mol. The summed E-state index contributed by atoms with van der Waals surface area (Å²) in [7, 11) is 3.33. The lowest BCUT2D eigenvalue weighted by Crippen LogP contribution is -2.52. The van der Waals surface area contributed by atoms with E-state index < -0.39 is 11.9 Å². The fourth-order valence-electron chi connectivity index (χ4n) is 7.41. The third-order valence-electron chi connectivity index (χ3n) is 10.1. The van der Waals surface area contributed by atoms with Gasteiger partial charge in [-0.3, -0.25) is 29.4 Å². The van der Waals surface area contributed by atoms with Crippen molar-refractivity contribution < 1.29 is 23.9 Å². The highest BCUT2D eigenvalue weighted by atomic mass is 16.5. The Morgan fingerprint density at radius 2 is 1.68 bits per heavy atom. The quantitative estimate of drug-likeness (QED) is 0.201. The highest BCUT2D eigenvalue weighted by Gasteiger charge is 2.39. The summed E-state index contributed by atoms with van der Waals surface area (Å²) in [6, 6.07) is 11.4. The normalized spacial score (nSPS) is 18.3. The van der Waals surface area contributed by atoms with Crippen LogP contribution in [0.5, 0.6) is 11.5 Å². The number of aromatic nitrogens is 2. The van der Waals surface area contributed by atoms with Gasteiger partial charge >= 0.3 is 0 Å². The van der Waals surface area contributed by atoms with Crippen LogP contribution in [-0.4, -0.2) is 83.5 Å². The Morgan fingerprint density at radius 1 is 0.940 bits per heavy atom. The van der Waals surface area contributed by atoms with E-state index >= 15 is 0 Å². The van der Waals surface area contributed by atoms with Gasteiger partial charge in [0.2, 0.25) is 11.8 Å². The van der Waals surface area contributed by atoms with Gasteiger partial charge in [0.15, 0.2) is 0 Å². The van der Waals surface area contributed by atoms with Crippen LogP contribution in [0.4, 0.5) is 5.69 Å². The number of piperazine rings is 1. The number of benzene rings is 2. The van der Waals surface area contributed by atoms with Crippen molar-refractivity contribution >= 4 is 34.3 Å². The number of piperidine rings is 1. The lowest BCUT2D eigenvalue weighted by molar-refractivity contribution is -0.136. The average Bonchev–Trinajstić information content (AvgIpc) is 3.67. The van der Waals surface area contributed by atoms with Gasteiger partial charge in [-0.1, -0.05) is 18.2 Å². The number of allylic oxidation sites excluding steroid dienone is 2. The largest absolute Gasteiger partial charge is 0.496 e. The van der Waals surface area contributed by atoms with Gasteiger partial charge in [0.1, 0.15) is 23.1 Å². The fourth-order valence-corrected chi connectivity index (χ4v) is 7.41. The average molecular weight is 679 g/mol. The van der Waals surface area contributed by atoms with Crippen LogP contribution in [-0.2, 0) is 29.2 Å². The number of pyridine rings is 1. The summed E-state index contributed by atoms with van der Waals surface area (Å²) in [4.78, 5) is 60.2. The zero-order chi connectivity index (χ0) is 35.1.